The van der Waals surface area contributed by atoms with Crippen LogP contribution in [-0.4, -0.2) is 36.5 Å². The highest BCUT2D eigenvalue weighted by molar-refractivity contribution is 8.27. The molecule has 2 heterocycles. The molecular formula is C20H17ClN2O2S2. The molecule has 2 aromatic carbocycles. The molecule has 1 amide bonds. The summed E-state index contributed by atoms with van der Waals surface area (Å²) in [4.78, 5) is 17.3. The molecule has 2 aliphatic rings. The number of hydrogen-bond donors (Lipinski definition) is 0. The number of nitrogens with zero attached hydrogens (tertiary/aromatic N) is 2. The standard InChI is InChI=1S/C20H17ClN2O2S2/c21-15-2-1-3-17(13-15)23-19(24)18(27-20(23)26)12-14-4-6-16(7-5-14)22-8-10-25-11-9-22/h1-7,12-13H,8-11H2/b18-12+. The van der Waals surface area contributed by atoms with E-state index >= 15 is 0 Å². The van der Waals surface area contributed by atoms with Gasteiger partial charge in [-0.05, 0) is 42.0 Å². The Morgan fingerprint density at radius 1 is 1.07 bits per heavy atom. The number of hydrogen-bond acceptors (Lipinski definition) is 5. The highest BCUT2D eigenvalue weighted by atomic mass is 35.5. The molecule has 0 unspecified atom stereocenters. The Balaban J connectivity index is 1.54. The zero-order chi connectivity index (χ0) is 18.8. The van der Waals surface area contributed by atoms with Crippen LogP contribution >= 0.6 is 35.6 Å². The van der Waals surface area contributed by atoms with Crippen LogP contribution in [0, 0.1) is 0 Å². The van der Waals surface area contributed by atoms with Gasteiger partial charge < -0.3 is 9.64 Å². The largest absolute Gasteiger partial charge is 0.378 e. The maximum Gasteiger partial charge on any atom is 0.270 e. The van der Waals surface area contributed by atoms with E-state index in [0.717, 1.165) is 31.9 Å². The van der Waals surface area contributed by atoms with Gasteiger partial charge >= 0.3 is 0 Å². The van der Waals surface area contributed by atoms with E-state index in [-0.39, 0.29) is 5.91 Å². The van der Waals surface area contributed by atoms with Crippen molar-refractivity contribution in [2.45, 2.75) is 0 Å². The smallest absolute Gasteiger partial charge is 0.270 e. The number of amides is 1. The van der Waals surface area contributed by atoms with Crippen molar-refractivity contribution in [1.29, 1.82) is 0 Å². The number of benzene rings is 2. The van der Waals surface area contributed by atoms with Gasteiger partial charge in [-0.2, -0.15) is 0 Å². The predicted molar refractivity (Wildman–Crippen MR) is 117 cm³/mol. The average Bonchev–Trinajstić information content (AvgIpc) is 2.96. The highest BCUT2D eigenvalue weighted by Crippen LogP contribution is 2.36. The zero-order valence-corrected chi connectivity index (χ0v) is 16.8. The third kappa shape index (κ3) is 4.04. The SMILES string of the molecule is O=C1/C(=C\c2ccc(N3CCOCC3)cc2)SC(=S)N1c1cccc(Cl)c1. The first kappa shape index (κ1) is 18.5. The van der Waals surface area contributed by atoms with Gasteiger partial charge in [-0.25, -0.2) is 0 Å². The molecular weight excluding hydrogens is 400 g/mol. The van der Waals surface area contributed by atoms with E-state index in [1.807, 2.05) is 30.3 Å². The molecule has 2 fully saturated rings. The second-order valence-corrected chi connectivity index (χ2v) is 8.30. The summed E-state index contributed by atoms with van der Waals surface area (Å²) in [5.74, 6) is -0.121. The van der Waals surface area contributed by atoms with Gasteiger partial charge in [0.2, 0.25) is 0 Å². The van der Waals surface area contributed by atoms with Gasteiger partial charge in [0.1, 0.15) is 0 Å². The maximum absolute atomic E-state index is 12.8. The second kappa shape index (κ2) is 8.02. The topological polar surface area (TPSA) is 32.8 Å². The van der Waals surface area contributed by atoms with Gasteiger partial charge in [-0.15, -0.1) is 0 Å². The normalized spacial score (nSPS) is 19.2. The second-order valence-electron chi connectivity index (χ2n) is 6.19. The van der Waals surface area contributed by atoms with Crippen molar-refractivity contribution in [2.75, 3.05) is 36.1 Å². The van der Waals surface area contributed by atoms with Gasteiger partial charge in [0.25, 0.3) is 5.91 Å². The summed E-state index contributed by atoms with van der Waals surface area (Å²) in [5, 5.41) is 0.573. The van der Waals surface area contributed by atoms with Crippen molar-refractivity contribution in [3.63, 3.8) is 0 Å². The molecule has 7 heteroatoms. The third-order valence-electron chi connectivity index (χ3n) is 4.43. The molecule has 0 bridgehead atoms. The lowest BCUT2D eigenvalue weighted by atomic mass is 10.1. The van der Waals surface area contributed by atoms with Crippen molar-refractivity contribution < 1.29 is 9.53 Å². The van der Waals surface area contributed by atoms with Crippen molar-refractivity contribution in [1.82, 2.24) is 0 Å². The summed E-state index contributed by atoms with van der Waals surface area (Å²) in [6, 6.07) is 15.4. The maximum atomic E-state index is 12.8. The minimum atomic E-state index is -0.121. The number of thioether (sulfide) groups is 1. The van der Waals surface area contributed by atoms with Crippen LogP contribution in [0.2, 0.25) is 5.02 Å². The first-order chi connectivity index (χ1) is 13.1. The number of anilines is 2. The zero-order valence-electron chi connectivity index (χ0n) is 14.4. The van der Waals surface area contributed by atoms with Gasteiger partial charge in [0.05, 0.1) is 23.8 Å². The van der Waals surface area contributed by atoms with Crippen molar-refractivity contribution in [3.8, 4) is 0 Å². The predicted octanol–water partition coefficient (Wildman–Crippen LogP) is 4.58. The van der Waals surface area contributed by atoms with Crippen LogP contribution in [0.3, 0.4) is 0 Å². The Kier molecular flexibility index (Phi) is 5.50. The molecule has 27 heavy (non-hydrogen) atoms. The van der Waals surface area contributed by atoms with E-state index in [1.54, 1.807) is 12.1 Å². The number of carbonyl (C=O) groups excluding carboxylic acids is 1. The Bertz CT molecular complexity index is 908. The number of ether oxygens (including phenoxy) is 1. The van der Waals surface area contributed by atoms with E-state index in [1.165, 1.54) is 22.3 Å². The molecule has 4 rings (SSSR count). The Labute approximate surface area is 172 Å². The number of morpholine rings is 1. The molecule has 0 spiro atoms. The van der Waals surface area contributed by atoms with Crippen LogP contribution in [0.5, 0.6) is 0 Å². The third-order valence-corrected chi connectivity index (χ3v) is 5.96. The fourth-order valence-corrected chi connectivity index (χ4v) is 4.54. The van der Waals surface area contributed by atoms with E-state index < -0.39 is 0 Å². The summed E-state index contributed by atoms with van der Waals surface area (Å²) >= 11 is 12.8. The summed E-state index contributed by atoms with van der Waals surface area (Å²) in [7, 11) is 0. The quantitative estimate of drug-likeness (QED) is 0.540. The first-order valence-corrected chi connectivity index (χ1v) is 10.2. The van der Waals surface area contributed by atoms with Crippen molar-refractivity contribution in [3.05, 3.63) is 64.0 Å². The molecule has 2 saturated heterocycles. The summed E-state index contributed by atoms with van der Waals surface area (Å²) in [6.07, 6.45) is 1.88. The molecule has 138 valence electrons. The van der Waals surface area contributed by atoms with E-state index in [4.69, 9.17) is 28.6 Å². The minimum absolute atomic E-state index is 0.121. The van der Waals surface area contributed by atoms with Crippen molar-refractivity contribution >= 4 is 63.3 Å². The number of carbonyl (C=O) groups is 1. The fraction of sp³-hybridized carbons (Fsp3) is 0.200. The van der Waals surface area contributed by atoms with Gasteiger partial charge in [-0.1, -0.05) is 53.8 Å². The fourth-order valence-electron chi connectivity index (χ4n) is 3.06. The Hall–Kier alpha value is -1.86. The molecule has 0 aliphatic carbocycles. The van der Waals surface area contributed by atoms with E-state index in [2.05, 4.69) is 17.0 Å². The van der Waals surface area contributed by atoms with Crippen LogP contribution in [0.1, 0.15) is 5.56 Å². The first-order valence-electron chi connectivity index (χ1n) is 8.58. The number of halogens is 1. The van der Waals surface area contributed by atoms with Crippen molar-refractivity contribution in [2.24, 2.45) is 0 Å². The molecule has 0 atom stereocenters. The highest BCUT2D eigenvalue weighted by Gasteiger charge is 2.33. The molecule has 0 aromatic heterocycles. The van der Waals surface area contributed by atoms with Gasteiger partial charge in [0, 0.05) is 23.8 Å². The molecule has 2 aromatic rings. The molecule has 0 radical (unpaired) electrons. The van der Waals surface area contributed by atoms with Crippen LogP contribution in [0.15, 0.2) is 53.4 Å². The Morgan fingerprint density at radius 2 is 1.81 bits per heavy atom. The van der Waals surface area contributed by atoms with Gasteiger partial charge in [-0.3, -0.25) is 9.69 Å². The van der Waals surface area contributed by atoms with E-state index in [9.17, 15) is 4.79 Å². The van der Waals surface area contributed by atoms with Crippen LogP contribution in [-0.2, 0) is 9.53 Å². The van der Waals surface area contributed by atoms with Crippen LogP contribution < -0.4 is 9.80 Å². The van der Waals surface area contributed by atoms with Crippen LogP contribution in [0.25, 0.3) is 6.08 Å². The van der Waals surface area contributed by atoms with Gasteiger partial charge in [0.15, 0.2) is 4.32 Å². The summed E-state index contributed by atoms with van der Waals surface area (Å²) in [6.45, 7) is 3.32. The lowest BCUT2D eigenvalue weighted by Gasteiger charge is -2.28. The number of thiocarbonyl (C=S) groups is 1. The lowest BCUT2D eigenvalue weighted by Crippen LogP contribution is -2.36. The Morgan fingerprint density at radius 3 is 2.52 bits per heavy atom. The monoisotopic (exact) mass is 416 g/mol. The molecule has 4 nitrogen and oxygen atoms in total. The number of rotatable bonds is 3. The van der Waals surface area contributed by atoms with Crippen LogP contribution in [0.4, 0.5) is 11.4 Å². The molecule has 0 saturated carbocycles. The average molecular weight is 417 g/mol. The lowest BCUT2D eigenvalue weighted by molar-refractivity contribution is -0.113. The molecule has 2 aliphatic heterocycles. The summed E-state index contributed by atoms with van der Waals surface area (Å²) in [5.41, 5.74) is 2.83. The minimum Gasteiger partial charge on any atom is -0.378 e. The molecule has 0 N–H and O–H groups in total. The summed E-state index contributed by atoms with van der Waals surface area (Å²) < 4.78 is 5.91. The van der Waals surface area contributed by atoms with E-state index in [0.29, 0.717) is 19.9 Å².